The van der Waals surface area contributed by atoms with E-state index in [1.54, 1.807) is 0 Å². The first-order valence-corrected chi connectivity index (χ1v) is 9.77. The van der Waals surface area contributed by atoms with Crippen LogP contribution >= 0.6 is 0 Å². The van der Waals surface area contributed by atoms with Crippen LogP contribution in [0.25, 0.3) is 0 Å². The standard InChI is InChI=1S/C20H32O3/c1-19(23)9-7-13-12(11-19)3-4-15-14(13)8-10-20(2)16(15)5-6-17(20)18(21)22/h12-17,23H,3-11H2,1-2H3,(H,21,22)/t12-,13?,14+,15+,16-,17+,19+,20?/m0/s1. The maximum atomic E-state index is 11.7. The summed E-state index contributed by atoms with van der Waals surface area (Å²) in [5, 5.41) is 20.1. The third kappa shape index (κ3) is 2.37. The summed E-state index contributed by atoms with van der Waals surface area (Å²) in [5.41, 5.74) is -0.404. The van der Waals surface area contributed by atoms with Gasteiger partial charge in [-0.3, -0.25) is 4.79 Å². The number of hydrogen-bond acceptors (Lipinski definition) is 2. The molecule has 23 heavy (non-hydrogen) atoms. The number of carboxylic acids is 1. The zero-order chi connectivity index (χ0) is 16.4. The predicted octanol–water partition coefficient (Wildman–Crippen LogP) is 4.09. The van der Waals surface area contributed by atoms with Gasteiger partial charge in [-0.15, -0.1) is 0 Å². The van der Waals surface area contributed by atoms with Gasteiger partial charge in [-0.05, 0) is 99.7 Å². The molecular weight excluding hydrogens is 288 g/mol. The second kappa shape index (κ2) is 5.21. The average Bonchev–Trinajstić information content (AvgIpc) is 2.83. The first-order valence-electron chi connectivity index (χ1n) is 9.77. The fourth-order valence-corrected chi connectivity index (χ4v) is 7.49. The van der Waals surface area contributed by atoms with Gasteiger partial charge in [0.05, 0.1) is 11.5 Å². The second-order valence-electron chi connectivity index (χ2n) is 9.69. The molecule has 0 aliphatic heterocycles. The summed E-state index contributed by atoms with van der Waals surface area (Å²) in [4.78, 5) is 11.7. The second-order valence-corrected chi connectivity index (χ2v) is 9.69. The summed E-state index contributed by atoms with van der Waals surface area (Å²) in [6.45, 7) is 4.29. The first-order chi connectivity index (χ1) is 10.8. The Balaban J connectivity index is 1.56. The topological polar surface area (TPSA) is 57.5 Å². The predicted molar refractivity (Wildman–Crippen MR) is 88.9 cm³/mol. The van der Waals surface area contributed by atoms with Crippen molar-refractivity contribution in [3.05, 3.63) is 0 Å². The van der Waals surface area contributed by atoms with Crippen LogP contribution < -0.4 is 0 Å². The maximum absolute atomic E-state index is 11.7. The number of carboxylic acid groups (broad SMARTS) is 1. The lowest BCUT2D eigenvalue weighted by Crippen LogP contribution is -2.51. The molecule has 4 saturated carbocycles. The molecule has 4 fully saturated rings. The van der Waals surface area contributed by atoms with E-state index in [1.165, 1.54) is 25.7 Å². The molecule has 0 aromatic carbocycles. The number of hydrogen-bond donors (Lipinski definition) is 2. The van der Waals surface area contributed by atoms with Gasteiger partial charge in [0.15, 0.2) is 0 Å². The average molecular weight is 320 g/mol. The smallest absolute Gasteiger partial charge is 0.307 e. The van der Waals surface area contributed by atoms with Gasteiger partial charge in [0.25, 0.3) is 0 Å². The SMILES string of the molecule is CC12CC[C@@H]3C4CC[C@@](C)(O)C[C@@H]4CC[C@H]3[C@@H]1CC[C@@H]2C(=O)O. The minimum Gasteiger partial charge on any atom is -0.481 e. The van der Waals surface area contributed by atoms with Crippen LogP contribution in [-0.2, 0) is 4.79 Å². The van der Waals surface area contributed by atoms with Crippen LogP contribution in [-0.4, -0.2) is 21.8 Å². The summed E-state index contributed by atoms with van der Waals surface area (Å²) >= 11 is 0. The van der Waals surface area contributed by atoms with E-state index < -0.39 is 11.6 Å². The highest BCUT2D eigenvalue weighted by atomic mass is 16.4. The molecule has 4 aliphatic rings. The van der Waals surface area contributed by atoms with E-state index in [9.17, 15) is 15.0 Å². The molecular formula is C20H32O3. The Labute approximate surface area is 139 Å². The van der Waals surface area contributed by atoms with Gasteiger partial charge in [0.2, 0.25) is 0 Å². The molecule has 130 valence electrons. The lowest BCUT2D eigenvalue weighted by atomic mass is 9.49. The van der Waals surface area contributed by atoms with Gasteiger partial charge in [-0.2, -0.15) is 0 Å². The maximum Gasteiger partial charge on any atom is 0.307 e. The van der Waals surface area contributed by atoms with Crippen LogP contribution in [0.2, 0.25) is 0 Å². The van der Waals surface area contributed by atoms with Gasteiger partial charge < -0.3 is 10.2 Å². The molecule has 4 aliphatic carbocycles. The fraction of sp³-hybridized carbons (Fsp3) is 0.950. The number of rotatable bonds is 1. The monoisotopic (exact) mass is 320 g/mol. The van der Waals surface area contributed by atoms with Crippen molar-refractivity contribution in [2.45, 2.75) is 77.2 Å². The van der Waals surface area contributed by atoms with Crippen molar-refractivity contribution in [3.63, 3.8) is 0 Å². The molecule has 0 heterocycles. The lowest BCUT2D eigenvalue weighted by Gasteiger charge is -2.56. The zero-order valence-corrected chi connectivity index (χ0v) is 14.6. The van der Waals surface area contributed by atoms with Crippen molar-refractivity contribution in [2.24, 2.45) is 40.9 Å². The number of fused-ring (bicyclic) bond motifs is 5. The molecule has 2 N–H and O–H groups in total. The molecule has 4 rings (SSSR count). The molecule has 3 nitrogen and oxygen atoms in total. The molecule has 0 bridgehead atoms. The van der Waals surface area contributed by atoms with Gasteiger partial charge in [0, 0.05) is 0 Å². The van der Waals surface area contributed by atoms with Crippen molar-refractivity contribution in [1.82, 2.24) is 0 Å². The Hall–Kier alpha value is -0.570. The largest absolute Gasteiger partial charge is 0.481 e. The van der Waals surface area contributed by atoms with E-state index in [4.69, 9.17) is 0 Å². The highest BCUT2D eigenvalue weighted by molar-refractivity contribution is 5.71. The summed E-state index contributed by atoms with van der Waals surface area (Å²) in [6, 6.07) is 0. The first kappa shape index (κ1) is 15.9. The van der Waals surface area contributed by atoms with Gasteiger partial charge >= 0.3 is 5.97 Å². The number of aliphatic hydroxyl groups is 1. The molecule has 0 saturated heterocycles. The van der Waals surface area contributed by atoms with Crippen molar-refractivity contribution in [3.8, 4) is 0 Å². The van der Waals surface area contributed by atoms with Gasteiger partial charge in [0.1, 0.15) is 0 Å². The molecule has 8 atom stereocenters. The van der Waals surface area contributed by atoms with Crippen molar-refractivity contribution >= 4 is 5.97 Å². The lowest BCUT2D eigenvalue weighted by molar-refractivity contribution is -0.150. The zero-order valence-electron chi connectivity index (χ0n) is 14.6. The van der Waals surface area contributed by atoms with Crippen LogP contribution in [0.1, 0.15) is 71.6 Å². The normalized spacial score (nSPS) is 55.6. The van der Waals surface area contributed by atoms with Crippen molar-refractivity contribution in [1.29, 1.82) is 0 Å². The summed E-state index contributed by atoms with van der Waals surface area (Å²) in [6.07, 6.45) is 10.0. The fourth-order valence-electron chi connectivity index (χ4n) is 7.49. The molecule has 3 heteroatoms. The highest BCUT2D eigenvalue weighted by Gasteiger charge is 2.59. The number of carbonyl (C=O) groups is 1. The highest BCUT2D eigenvalue weighted by Crippen LogP contribution is 2.64. The summed E-state index contributed by atoms with van der Waals surface area (Å²) < 4.78 is 0. The van der Waals surface area contributed by atoms with E-state index in [-0.39, 0.29) is 11.3 Å². The summed E-state index contributed by atoms with van der Waals surface area (Å²) in [5.74, 6) is 3.01. The van der Waals surface area contributed by atoms with Crippen LogP contribution in [0.3, 0.4) is 0 Å². The number of aliphatic carboxylic acids is 1. The van der Waals surface area contributed by atoms with Crippen LogP contribution in [0, 0.1) is 40.9 Å². The third-order valence-corrected chi connectivity index (χ3v) is 8.54. The Morgan fingerprint density at radius 2 is 1.65 bits per heavy atom. The van der Waals surface area contributed by atoms with E-state index >= 15 is 0 Å². The van der Waals surface area contributed by atoms with Crippen LogP contribution in [0.15, 0.2) is 0 Å². The van der Waals surface area contributed by atoms with Crippen molar-refractivity contribution < 1.29 is 15.0 Å². The Kier molecular flexibility index (Phi) is 3.61. The molecule has 0 aromatic rings. The minimum absolute atomic E-state index is 0.0417. The molecule has 0 amide bonds. The summed E-state index contributed by atoms with van der Waals surface area (Å²) in [7, 11) is 0. The Morgan fingerprint density at radius 3 is 2.39 bits per heavy atom. The molecule has 2 unspecified atom stereocenters. The van der Waals surface area contributed by atoms with Crippen LogP contribution in [0.4, 0.5) is 0 Å². The van der Waals surface area contributed by atoms with Crippen LogP contribution in [0.5, 0.6) is 0 Å². The van der Waals surface area contributed by atoms with E-state index in [1.807, 2.05) is 6.92 Å². The molecule has 0 radical (unpaired) electrons. The van der Waals surface area contributed by atoms with E-state index in [0.717, 1.165) is 49.9 Å². The quantitative estimate of drug-likeness (QED) is 0.765. The third-order valence-electron chi connectivity index (χ3n) is 8.54. The molecule has 0 aromatic heterocycles. The van der Waals surface area contributed by atoms with Crippen molar-refractivity contribution in [2.75, 3.05) is 0 Å². The minimum atomic E-state index is -0.559. The van der Waals surface area contributed by atoms with E-state index in [0.29, 0.717) is 11.8 Å². The van der Waals surface area contributed by atoms with Gasteiger partial charge in [-0.25, -0.2) is 0 Å². The van der Waals surface area contributed by atoms with Gasteiger partial charge in [-0.1, -0.05) is 6.92 Å². The van der Waals surface area contributed by atoms with E-state index in [2.05, 4.69) is 6.92 Å². The Morgan fingerprint density at radius 1 is 0.913 bits per heavy atom. The Bertz CT molecular complexity index is 499. The molecule has 0 spiro atoms.